The molecule has 1 fully saturated rings. The molecule has 1 N–H and O–H groups in total. The maximum absolute atomic E-state index is 12.3. The first kappa shape index (κ1) is 20.5. The van der Waals surface area contributed by atoms with E-state index in [1.165, 1.54) is 23.0 Å². The second-order valence-corrected chi connectivity index (χ2v) is 8.86. The highest BCUT2D eigenvalue weighted by molar-refractivity contribution is 7.11. The molecule has 8 nitrogen and oxygen atoms in total. The SMILES string of the molecule is Cc1ncsc1C(=O)NCC1CCC(c2ccc3c(=O)n(C)c(=O)n(C)c3n2)CC1. The lowest BCUT2D eigenvalue weighted by atomic mass is 9.80. The van der Waals surface area contributed by atoms with Gasteiger partial charge >= 0.3 is 5.69 Å². The number of pyridine rings is 1. The zero-order valence-electron chi connectivity index (χ0n) is 17.3. The predicted octanol–water partition coefficient (Wildman–Crippen LogP) is 2.10. The molecular weight excluding hydrogens is 402 g/mol. The van der Waals surface area contributed by atoms with Gasteiger partial charge in [0.15, 0.2) is 0 Å². The monoisotopic (exact) mass is 427 g/mol. The van der Waals surface area contributed by atoms with Gasteiger partial charge in [-0.2, -0.15) is 0 Å². The number of fused-ring (bicyclic) bond motifs is 1. The molecule has 0 aromatic carbocycles. The largest absolute Gasteiger partial charge is 0.351 e. The highest BCUT2D eigenvalue weighted by Gasteiger charge is 2.25. The number of thiazole rings is 1. The average Bonchev–Trinajstić information content (AvgIpc) is 3.20. The van der Waals surface area contributed by atoms with Crippen molar-refractivity contribution in [2.45, 2.75) is 38.5 Å². The van der Waals surface area contributed by atoms with E-state index in [0.717, 1.165) is 41.6 Å². The summed E-state index contributed by atoms with van der Waals surface area (Å²) in [5.74, 6) is 0.690. The molecule has 3 aromatic heterocycles. The van der Waals surface area contributed by atoms with Crippen LogP contribution >= 0.6 is 11.3 Å². The second-order valence-electron chi connectivity index (χ2n) is 8.01. The van der Waals surface area contributed by atoms with Crippen molar-refractivity contribution < 1.29 is 4.79 Å². The van der Waals surface area contributed by atoms with Gasteiger partial charge in [0.05, 0.1) is 16.6 Å². The number of carbonyl (C=O) groups is 1. The Labute approximate surface area is 177 Å². The molecule has 0 radical (unpaired) electrons. The molecule has 0 bridgehead atoms. The van der Waals surface area contributed by atoms with Crippen LogP contribution in [0.4, 0.5) is 0 Å². The summed E-state index contributed by atoms with van der Waals surface area (Å²) in [6, 6.07) is 3.69. The third-order valence-corrected chi connectivity index (χ3v) is 7.02. The van der Waals surface area contributed by atoms with E-state index in [9.17, 15) is 14.4 Å². The van der Waals surface area contributed by atoms with Crippen LogP contribution in [0.2, 0.25) is 0 Å². The molecule has 30 heavy (non-hydrogen) atoms. The van der Waals surface area contributed by atoms with Crippen molar-refractivity contribution in [1.82, 2.24) is 24.4 Å². The first-order valence-corrected chi connectivity index (χ1v) is 11.0. The van der Waals surface area contributed by atoms with Gasteiger partial charge in [-0.15, -0.1) is 11.3 Å². The van der Waals surface area contributed by atoms with Crippen LogP contribution in [0.1, 0.15) is 52.7 Å². The van der Waals surface area contributed by atoms with Crippen LogP contribution in [-0.4, -0.2) is 31.6 Å². The number of rotatable bonds is 4. The Bertz CT molecular complexity index is 1220. The topological polar surface area (TPSA) is 98.9 Å². The Kier molecular flexibility index (Phi) is 5.55. The average molecular weight is 428 g/mol. The standard InChI is InChI=1S/C21H25N5O3S/c1-12-17(30-11-23-12)19(27)22-10-13-4-6-14(7-5-13)16-9-8-15-18(24-16)25(2)21(29)26(3)20(15)28/h8-9,11,13-14H,4-7,10H2,1-3H3,(H,22,27). The van der Waals surface area contributed by atoms with E-state index in [-0.39, 0.29) is 17.2 Å². The van der Waals surface area contributed by atoms with Crippen molar-refractivity contribution in [3.8, 4) is 0 Å². The van der Waals surface area contributed by atoms with E-state index in [0.29, 0.717) is 34.3 Å². The van der Waals surface area contributed by atoms with Gasteiger partial charge < -0.3 is 5.32 Å². The minimum Gasteiger partial charge on any atom is -0.351 e. The van der Waals surface area contributed by atoms with Crippen LogP contribution < -0.4 is 16.6 Å². The maximum atomic E-state index is 12.3. The van der Waals surface area contributed by atoms with E-state index in [1.807, 2.05) is 13.0 Å². The Hall–Kier alpha value is -2.81. The van der Waals surface area contributed by atoms with E-state index < -0.39 is 0 Å². The fourth-order valence-corrected chi connectivity index (χ4v) is 4.91. The molecule has 0 atom stereocenters. The number of nitrogens with zero attached hydrogens (tertiary/aromatic N) is 4. The lowest BCUT2D eigenvalue weighted by Gasteiger charge is -2.28. The summed E-state index contributed by atoms with van der Waals surface area (Å²) in [6.07, 6.45) is 3.94. The Balaban J connectivity index is 1.42. The Morgan fingerprint density at radius 3 is 2.57 bits per heavy atom. The summed E-state index contributed by atoms with van der Waals surface area (Å²) in [6.45, 7) is 2.51. The lowest BCUT2D eigenvalue weighted by Crippen LogP contribution is -2.37. The molecule has 9 heteroatoms. The second kappa shape index (κ2) is 8.14. The number of nitrogens with one attached hydrogen (secondary N) is 1. The van der Waals surface area contributed by atoms with E-state index in [4.69, 9.17) is 0 Å². The summed E-state index contributed by atoms with van der Waals surface area (Å²) in [7, 11) is 3.12. The van der Waals surface area contributed by atoms with Crippen LogP contribution in [0, 0.1) is 12.8 Å². The molecule has 158 valence electrons. The van der Waals surface area contributed by atoms with Gasteiger partial charge in [0, 0.05) is 32.3 Å². The van der Waals surface area contributed by atoms with Gasteiger partial charge in [0.2, 0.25) is 0 Å². The van der Waals surface area contributed by atoms with E-state index in [2.05, 4.69) is 15.3 Å². The minimum atomic E-state index is -0.368. The quantitative estimate of drug-likeness (QED) is 0.687. The zero-order chi connectivity index (χ0) is 21.4. The molecule has 1 amide bonds. The molecule has 1 aliphatic rings. The van der Waals surface area contributed by atoms with E-state index >= 15 is 0 Å². The predicted molar refractivity (Wildman–Crippen MR) is 116 cm³/mol. The molecule has 1 aliphatic carbocycles. The van der Waals surface area contributed by atoms with Crippen LogP contribution in [0.3, 0.4) is 0 Å². The molecule has 3 heterocycles. The Morgan fingerprint density at radius 1 is 1.17 bits per heavy atom. The third-order valence-electron chi connectivity index (χ3n) is 6.09. The normalized spacial score (nSPS) is 19.2. The fourth-order valence-electron chi connectivity index (χ4n) is 4.20. The van der Waals surface area contributed by atoms with Gasteiger partial charge in [0.25, 0.3) is 11.5 Å². The highest BCUT2D eigenvalue weighted by atomic mass is 32.1. The van der Waals surface area contributed by atoms with Gasteiger partial charge in [-0.25, -0.2) is 14.8 Å². The van der Waals surface area contributed by atoms with Crippen molar-refractivity contribution in [2.24, 2.45) is 20.0 Å². The molecule has 0 spiro atoms. The molecule has 0 unspecified atom stereocenters. The van der Waals surface area contributed by atoms with Crippen molar-refractivity contribution in [2.75, 3.05) is 6.54 Å². The van der Waals surface area contributed by atoms with Crippen LogP contribution in [0.25, 0.3) is 11.0 Å². The van der Waals surface area contributed by atoms with Crippen molar-refractivity contribution in [3.63, 3.8) is 0 Å². The summed E-state index contributed by atoms with van der Waals surface area (Å²) in [4.78, 5) is 46.3. The maximum Gasteiger partial charge on any atom is 0.332 e. The van der Waals surface area contributed by atoms with Crippen LogP contribution in [0.15, 0.2) is 27.2 Å². The van der Waals surface area contributed by atoms with Crippen molar-refractivity contribution >= 4 is 28.3 Å². The molecule has 4 rings (SSSR count). The zero-order valence-corrected chi connectivity index (χ0v) is 18.2. The van der Waals surface area contributed by atoms with Crippen LogP contribution in [-0.2, 0) is 14.1 Å². The molecule has 0 aliphatic heterocycles. The van der Waals surface area contributed by atoms with Gasteiger partial charge in [0.1, 0.15) is 10.5 Å². The van der Waals surface area contributed by atoms with E-state index in [1.54, 1.807) is 18.6 Å². The number of amides is 1. The van der Waals surface area contributed by atoms with Gasteiger partial charge in [-0.1, -0.05) is 0 Å². The molecule has 1 saturated carbocycles. The summed E-state index contributed by atoms with van der Waals surface area (Å²) in [5.41, 5.74) is 3.14. The lowest BCUT2D eigenvalue weighted by molar-refractivity contribution is 0.0946. The van der Waals surface area contributed by atoms with Gasteiger partial charge in [-0.05, 0) is 50.7 Å². The molecule has 3 aromatic rings. The summed E-state index contributed by atoms with van der Waals surface area (Å²) in [5, 5.41) is 3.50. The third kappa shape index (κ3) is 3.69. The number of hydrogen-bond acceptors (Lipinski definition) is 6. The first-order chi connectivity index (χ1) is 14.4. The first-order valence-electron chi connectivity index (χ1n) is 10.1. The highest BCUT2D eigenvalue weighted by Crippen LogP contribution is 2.35. The van der Waals surface area contributed by atoms with Crippen LogP contribution in [0.5, 0.6) is 0 Å². The number of hydrogen-bond donors (Lipinski definition) is 1. The minimum absolute atomic E-state index is 0.0455. The number of carbonyl (C=O) groups excluding carboxylic acids is 1. The fraction of sp³-hybridized carbons (Fsp3) is 0.476. The molecular formula is C21H25N5O3S. The summed E-state index contributed by atoms with van der Waals surface area (Å²) < 4.78 is 2.54. The molecule has 0 saturated heterocycles. The Morgan fingerprint density at radius 2 is 1.90 bits per heavy atom. The van der Waals surface area contributed by atoms with Gasteiger partial charge in [-0.3, -0.25) is 18.7 Å². The van der Waals surface area contributed by atoms with Crippen molar-refractivity contribution in [3.05, 3.63) is 54.7 Å². The van der Waals surface area contributed by atoms with Crippen molar-refractivity contribution in [1.29, 1.82) is 0 Å². The summed E-state index contributed by atoms with van der Waals surface area (Å²) >= 11 is 1.37. The number of aromatic nitrogens is 4. The smallest absolute Gasteiger partial charge is 0.332 e. The number of aryl methyl sites for hydroxylation is 2.